The van der Waals surface area contributed by atoms with Gasteiger partial charge in [-0.15, -0.1) is 11.3 Å². The topological polar surface area (TPSA) is 114 Å². The second-order valence-electron chi connectivity index (χ2n) is 5.85. The molecule has 0 spiro atoms. The van der Waals surface area contributed by atoms with Gasteiger partial charge in [-0.2, -0.15) is 0 Å². The molecule has 7 nitrogen and oxygen atoms in total. The summed E-state index contributed by atoms with van der Waals surface area (Å²) in [6.07, 6.45) is 1.54. The standard InChI is InChI=1S/C19H15N5O2S/c20-17(25)11-5-7-12(8-6-11)19-22-9-15(27-19)18(26)21-10-16-23-13-3-1-2-4-14(13)24-16/h1-9H,10H2,(H2,20,25)(H,21,26)(H,23,24). The Bertz CT molecular complexity index is 1100. The number of hydrogen-bond donors (Lipinski definition) is 3. The van der Waals surface area contributed by atoms with Crippen molar-refractivity contribution in [2.24, 2.45) is 5.73 Å². The number of aromatic amines is 1. The van der Waals surface area contributed by atoms with Crippen molar-refractivity contribution in [2.75, 3.05) is 0 Å². The number of para-hydroxylation sites is 2. The molecule has 2 aromatic heterocycles. The molecule has 0 unspecified atom stereocenters. The van der Waals surface area contributed by atoms with E-state index in [0.717, 1.165) is 16.6 Å². The van der Waals surface area contributed by atoms with E-state index >= 15 is 0 Å². The maximum Gasteiger partial charge on any atom is 0.263 e. The lowest BCUT2D eigenvalue weighted by Gasteiger charge is -2.00. The third-order valence-corrected chi connectivity index (χ3v) is 5.05. The summed E-state index contributed by atoms with van der Waals surface area (Å²) in [4.78, 5) is 35.9. The average Bonchev–Trinajstić information content (AvgIpc) is 3.33. The lowest BCUT2D eigenvalue weighted by atomic mass is 10.1. The normalized spacial score (nSPS) is 10.8. The highest BCUT2D eigenvalue weighted by molar-refractivity contribution is 7.16. The Balaban J connectivity index is 1.44. The van der Waals surface area contributed by atoms with Gasteiger partial charge in [0.05, 0.1) is 23.8 Å². The SMILES string of the molecule is NC(=O)c1ccc(-c2ncc(C(=O)NCc3nc4ccccc4[nH]3)s2)cc1. The van der Waals surface area contributed by atoms with Crippen molar-refractivity contribution in [3.8, 4) is 10.6 Å². The third-order valence-electron chi connectivity index (χ3n) is 4.00. The summed E-state index contributed by atoms with van der Waals surface area (Å²) in [5.41, 5.74) is 8.28. The molecule has 0 fully saturated rings. The molecular weight excluding hydrogens is 362 g/mol. The zero-order valence-corrected chi connectivity index (χ0v) is 14.9. The lowest BCUT2D eigenvalue weighted by molar-refractivity contribution is 0.0952. The number of nitrogens with two attached hydrogens (primary N) is 1. The molecule has 0 saturated carbocycles. The first-order chi connectivity index (χ1) is 13.1. The van der Waals surface area contributed by atoms with Gasteiger partial charge in [-0.1, -0.05) is 24.3 Å². The fraction of sp³-hybridized carbons (Fsp3) is 0.0526. The summed E-state index contributed by atoms with van der Waals surface area (Å²) in [5, 5.41) is 3.54. The number of nitrogens with one attached hydrogen (secondary N) is 2. The zero-order chi connectivity index (χ0) is 18.8. The van der Waals surface area contributed by atoms with Crippen LogP contribution >= 0.6 is 11.3 Å². The van der Waals surface area contributed by atoms with E-state index in [2.05, 4.69) is 20.3 Å². The molecule has 0 aliphatic carbocycles. The van der Waals surface area contributed by atoms with Crippen molar-refractivity contribution in [3.05, 3.63) is 71.0 Å². The van der Waals surface area contributed by atoms with Crippen LogP contribution in [0.5, 0.6) is 0 Å². The van der Waals surface area contributed by atoms with Crippen molar-refractivity contribution < 1.29 is 9.59 Å². The molecule has 4 N–H and O–H groups in total. The van der Waals surface area contributed by atoms with Crippen LogP contribution in [0.1, 0.15) is 25.9 Å². The predicted octanol–water partition coefficient (Wildman–Crippen LogP) is 2.72. The van der Waals surface area contributed by atoms with E-state index < -0.39 is 5.91 Å². The zero-order valence-electron chi connectivity index (χ0n) is 14.1. The quantitative estimate of drug-likeness (QED) is 0.496. The van der Waals surface area contributed by atoms with Gasteiger partial charge in [-0.3, -0.25) is 9.59 Å². The molecule has 134 valence electrons. The molecule has 4 rings (SSSR count). The molecule has 27 heavy (non-hydrogen) atoms. The molecule has 0 atom stereocenters. The fourth-order valence-electron chi connectivity index (χ4n) is 2.63. The van der Waals surface area contributed by atoms with Gasteiger partial charge < -0.3 is 16.0 Å². The number of carbonyl (C=O) groups excluding carboxylic acids is 2. The number of aromatic nitrogens is 3. The van der Waals surface area contributed by atoms with Crippen molar-refractivity contribution in [1.29, 1.82) is 0 Å². The molecule has 4 aromatic rings. The van der Waals surface area contributed by atoms with E-state index in [1.165, 1.54) is 17.5 Å². The second-order valence-corrected chi connectivity index (χ2v) is 6.89. The van der Waals surface area contributed by atoms with Crippen LogP contribution in [0, 0.1) is 0 Å². The smallest absolute Gasteiger partial charge is 0.263 e. The van der Waals surface area contributed by atoms with E-state index in [1.807, 2.05) is 24.3 Å². The minimum Gasteiger partial charge on any atom is -0.366 e. The van der Waals surface area contributed by atoms with Crippen molar-refractivity contribution in [1.82, 2.24) is 20.3 Å². The van der Waals surface area contributed by atoms with Crippen LogP contribution in [0.25, 0.3) is 21.6 Å². The largest absolute Gasteiger partial charge is 0.366 e. The van der Waals surface area contributed by atoms with Crippen molar-refractivity contribution in [2.45, 2.75) is 6.54 Å². The maximum absolute atomic E-state index is 12.4. The van der Waals surface area contributed by atoms with Gasteiger partial charge in [0.2, 0.25) is 5.91 Å². The predicted molar refractivity (Wildman–Crippen MR) is 103 cm³/mol. The minimum atomic E-state index is -0.480. The number of primary amides is 1. The first kappa shape index (κ1) is 16.9. The number of H-pyrrole nitrogens is 1. The Morgan fingerprint density at radius 1 is 1.11 bits per heavy atom. The van der Waals surface area contributed by atoms with Crippen LogP contribution in [0.2, 0.25) is 0 Å². The highest BCUT2D eigenvalue weighted by atomic mass is 32.1. The molecule has 8 heteroatoms. The molecule has 0 radical (unpaired) electrons. The molecule has 2 amide bonds. The summed E-state index contributed by atoms with van der Waals surface area (Å²) in [5.74, 6) is -0.00404. The number of fused-ring (bicyclic) bond motifs is 1. The van der Waals surface area contributed by atoms with Gasteiger partial charge in [0.1, 0.15) is 15.7 Å². The molecular formula is C19H15N5O2S. The average molecular weight is 377 g/mol. The van der Waals surface area contributed by atoms with Gasteiger partial charge in [0.25, 0.3) is 5.91 Å². The van der Waals surface area contributed by atoms with Gasteiger partial charge in [0, 0.05) is 11.1 Å². The summed E-state index contributed by atoms with van der Waals surface area (Å²) in [6.45, 7) is 0.300. The van der Waals surface area contributed by atoms with Gasteiger partial charge in [0.15, 0.2) is 0 Å². The van der Waals surface area contributed by atoms with E-state index in [9.17, 15) is 9.59 Å². The first-order valence-corrected chi connectivity index (χ1v) is 9.00. The van der Waals surface area contributed by atoms with Crippen LogP contribution in [0.4, 0.5) is 0 Å². The summed E-state index contributed by atoms with van der Waals surface area (Å²) in [7, 11) is 0. The Hall–Kier alpha value is -3.52. The molecule has 2 heterocycles. The summed E-state index contributed by atoms with van der Waals surface area (Å²) >= 11 is 1.28. The molecule has 0 aliphatic heterocycles. The number of rotatable bonds is 5. The highest BCUT2D eigenvalue weighted by Crippen LogP contribution is 2.25. The number of imidazole rings is 1. The summed E-state index contributed by atoms with van der Waals surface area (Å²) in [6, 6.07) is 14.5. The van der Waals surface area contributed by atoms with Crippen LogP contribution in [-0.4, -0.2) is 26.8 Å². The van der Waals surface area contributed by atoms with Gasteiger partial charge in [-0.05, 0) is 24.3 Å². The lowest BCUT2D eigenvalue weighted by Crippen LogP contribution is -2.22. The minimum absolute atomic E-state index is 0.215. The Morgan fingerprint density at radius 3 is 2.63 bits per heavy atom. The first-order valence-electron chi connectivity index (χ1n) is 8.18. The Morgan fingerprint density at radius 2 is 1.89 bits per heavy atom. The van der Waals surface area contributed by atoms with E-state index in [4.69, 9.17) is 5.73 Å². The second kappa shape index (κ2) is 7.00. The Labute approximate surface area is 158 Å². The number of amides is 2. The van der Waals surface area contributed by atoms with E-state index in [-0.39, 0.29) is 5.91 Å². The molecule has 0 saturated heterocycles. The van der Waals surface area contributed by atoms with Gasteiger partial charge in [-0.25, -0.2) is 9.97 Å². The molecule has 2 aromatic carbocycles. The fourth-order valence-corrected chi connectivity index (χ4v) is 3.47. The number of carbonyl (C=O) groups is 2. The molecule has 0 bridgehead atoms. The maximum atomic E-state index is 12.4. The number of hydrogen-bond acceptors (Lipinski definition) is 5. The number of benzene rings is 2. The summed E-state index contributed by atoms with van der Waals surface area (Å²) < 4.78 is 0. The number of nitrogens with zero attached hydrogens (tertiary/aromatic N) is 2. The van der Waals surface area contributed by atoms with Crippen LogP contribution in [0.3, 0.4) is 0 Å². The highest BCUT2D eigenvalue weighted by Gasteiger charge is 2.13. The third kappa shape index (κ3) is 3.56. The van der Waals surface area contributed by atoms with Crippen molar-refractivity contribution >= 4 is 34.2 Å². The van der Waals surface area contributed by atoms with Crippen LogP contribution < -0.4 is 11.1 Å². The monoisotopic (exact) mass is 377 g/mol. The Kier molecular flexibility index (Phi) is 4.39. The van der Waals surface area contributed by atoms with Gasteiger partial charge >= 0.3 is 0 Å². The van der Waals surface area contributed by atoms with Crippen molar-refractivity contribution in [3.63, 3.8) is 0 Å². The van der Waals surface area contributed by atoms with E-state index in [1.54, 1.807) is 24.3 Å². The van der Waals surface area contributed by atoms with Crippen LogP contribution in [-0.2, 0) is 6.54 Å². The molecule has 0 aliphatic rings. The van der Waals surface area contributed by atoms with Crippen LogP contribution in [0.15, 0.2) is 54.7 Å². The van der Waals surface area contributed by atoms with E-state index in [0.29, 0.717) is 27.8 Å². The number of thiazole rings is 1.